The van der Waals surface area contributed by atoms with Gasteiger partial charge in [-0.05, 0) is 31.5 Å². The summed E-state index contributed by atoms with van der Waals surface area (Å²) in [6.45, 7) is 9.63. The fourth-order valence-electron chi connectivity index (χ4n) is 2.31. The number of thiol groups is 1. The molecule has 0 saturated carbocycles. The normalized spacial score (nSPS) is 25.8. The van der Waals surface area contributed by atoms with E-state index in [2.05, 4.69) is 41.5 Å². The molecule has 1 aliphatic heterocycles. The molecule has 4 heteroatoms. The largest absolute Gasteiger partial charge is 0.325 e. The fourth-order valence-corrected chi connectivity index (χ4v) is 2.45. The second-order valence-corrected chi connectivity index (χ2v) is 8.07. The third-order valence-electron chi connectivity index (χ3n) is 3.80. The van der Waals surface area contributed by atoms with Crippen LogP contribution in [0.25, 0.3) is 0 Å². The van der Waals surface area contributed by atoms with E-state index in [1.54, 1.807) is 0 Å². The molecule has 0 aromatic rings. The Morgan fingerprint density at radius 1 is 1.32 bits per heavy atom. The summed E-state index contributed by atoms with van der Waals surface area (Å²) in [5.74, 6) is 0.0235. The molecule has 1 heterocycles. The SMILES string of the molecule is CC1(S)C=CC(NC(=O)C(C)(C)C)=C(C2=CCNCC2)C=C1. The van der Waals surface area contributed by atoms with E-state index in [4.69, 9.17) is 0 Å². The third kappa shape index (κ3) is 4.37. The summed E-state index contributed by atoms with van der Waals surface area (Å²) in [5, 5.41) is 6.41. The van der Waals surface area contributed by atoms with E-state index in [0.29, 0.717) is 0 Å². The van der Waals surface area contributed by atoms with Crippen molar-refractivity contribution in [3.8, 4) is 0 Å². The Morgan fingerprint density at radius 3 is 2.59 bits per heavy atom. The van der Waals surface area contributed by atoms with Gasteiger partial charge in [0, 0.05) is 28.0 Å². The van der Waals surface area contributed by atoms with Crippen molar-refractivity contribution in [2.45, 2.75) is 38.9 Å². The van der Waals surface area contributed by atoms with Gasteiger partial charge in [0.2, 0.25) is 5.91 Å². The van der Waals surface area contributed by atoms with Gasteiger partial charge < -0.3 is 10.6 Å². The maximum atomic E-state index is 12.4. The number of allylic oxidation sites excluding steroid dienone is 3. The molecule has 2 aliphatic rings. The summed E-state index contributed by atoms with van der Waals surface area (Å²) >= 11 is 4.63. The monoisotopic (exact) mass is 318 g/mol. The van der Waals surface area contributed by atoms with Crippen LogP contribution in [0.4, 0.5) is 0 Å². The number of hydrogen-bond donors (Lipinski definition) is 3. The smallest absolute Gasteiger partial charge is 0.229 e. The first-order chi connectivity index (χ1) is 10.2. The van der Waals surface area contributed by atoms with E-state index < -0.39 is 5.41 Å². The molecule has 0 aromatic heterocycles. The van der Waals surface area contributed by atoms with Gasteiger partial charge >= 0.3 is 0 Å². The van der Waals surface area contributed by atoms with Crippen molar-refractivity contribution in [3.63, 3.8) is 0 Å². The van der Waals surface area contributed by atoms with Crippen molar-refractivity contribution >= 4 is 18.5 Å². The van der Waals surface area contributed by atoms with Crippen molar-refractivity contribution < 1.29 is 4.79 Å². The molecule has 0 fully saturated rings. The van der Waals surface area contributed by atoms with Gasteiger partial charge in [0.25, 0.3) is 0 Å². The summed E-state index contributed by atoms with van der Waals surface area (Å²) in [6.07, 6.45) is 11.3. The molecule has 22 heavy (non-hydrogen) atoms. The van der Waals surface area contributed by atoms with Gasteiger partial charge in [0.05, 0.1) is 0 Å². The van der Waals surface area contributed by atoms with Crippen molar-refractivity contribution in [2.75, 3.05) is 13.1 Å². The minimum Gasteiger partial charge on any atom is -0.325 e. The Bertz CT molecular complexity index is 574. The van der Waals surface area contributed by atoms with E-state index in [1.165, 1.54) is 5.57 Å². The van der Waals surface area contributed by atoms with Crippen LogP contribution < -0.4 is 10.6 Å². The highest BCUT2D eigenvalue weighted by molar-refractivity contribution is 7.82. The lowest BCUT2D eigenvalue weighted by Gasteiger charge is -2.21. The molecule has 1 atom stereocenters. The van der Waals surface area contributed by atoms with Crippen molar-refractivity contribution in [1.82, 2.24) is 10.6 Å². The summed E-state index contributed by atoms with van der Waals surface area (Å²) < 4.78 is -0.313. The molecule has 0 radical (unpaired) electrons. The van der Waals surface area contributed by atoms with Gasteiger partial charge in [-0.1, -0.05) is 45.1 Å². The van der Waals surface area contributed by atoms with E-state index in [-0.39, 0.29) is 10.7 Å². The molecule has 120 valence electrons. The van der Waals surface area contributed by atoms with Crippen LogP contribution in [0.15, 0.2) is 47.2 Å². The number of amides is 1. The van der Waals surface area contributed by atoms with E-state index in [0.717, 1.165) is 30.8 Å². The minimum absolute atomic E-state index is 0.0235. The first-order valence-electron chi connectivity index (χ1n) is 7.76. The van der Waals surface area contributed by atoms with Gasteiger partial charge in [0.15, 0.2) is 0 Å². The number of nitrogens with one attached hydrogen (secondary N) is 2. The standard InChI is InChI=1S/C18H26N2OS/c1-17(2,3)16(21)20-15-6-10-18(4,22)9-5-14(15)13-7-11-19-12-8-13/h5-7,9-10,19,22H,8,11-12H2,1-4H3,(H,20,21). The summed E-state index contributed by atoms with van der Waals surface area (Å²) in [4.78, 5) is 12.4. The zero-order valence-corrected chi connectivity index (χ0v) is 14.8. The van der Waals surface area contributed by atoms with E-state index >= 15 is 0 Å². The average Bonchev–Trinajstić information content (AvgIpc) is 2.58. The third-order valence-corrected chi connectivity index (χ3v) is 4.10. The van der Waals surface area contributed by atoms with Gasteiger partial charge in [-0.2, -0.15) is 12.6 Å². The molecule has 0 spiro atoms. The maximum absolute atomic E-state index is 12.4. The molecule has 0 saturated heterocycles. The van der Waals surface area contributed by atoms with Crippen molar-refractivity contribution in [3.05, 3.63) is 47.2 Å². The van der Waals surface area contributed by atoms with Crippen LogP contribution >= 0.6 is 12.6 Å². The number of hydrogen-bond acceptors (Lipinski definition) is 3. The number of carbonyl (C=O) groups excluding carboxylic acids is 1. The van der Waals surface area contributed by atoms with Crippen LogP contribution in [0, 0.1) is 5.41 Å². The predicted molar refractivity (Wildman–Crippen MR) is 95.9 cm³/mol. The van der Waals surface area contributed by atoms with Crippen LogP contribution in [-0.4, -0.2) is 23.7 Å². The quantitative estimate of drug-likeness (QED) is 0.685. The zero-order chi connectivity index (χ0) is 16.4. The second-order valence-electron chi connectivity index (χ2n) is 7.11. The van der Waals surface area contributed by atoms with Crippen molar-refractivity contribution in [1.29, 1.82) is 0 Å². The van der Waals surface area contributed by atoms with E-state index in [9.17, 15) is 4.79 Å². The van der Waals surface area contributed by atoms with Crippen molar-refractivity contribution in [2.24, 2.45) is 5.41 Å². The average molecular weight is 318 g/mol. The lowest BCUT2D eigenvalue weighted by Crippen LogP contribution is -2.34. The highest BCUT2D eigenvalue weighted by Gasteiger charge is 2.24. The zero-order valence-electron chi connectivity index (χ0n) is 13.9. The number of rotatable bonds is 2. The molecule has 0 bridgehead atoms. The highest BCUT2D eigenvalue weighted by atomic mass is 32.1. The Hall–Kier alpha value is -1.26. The molecule has 0 aromatic carbocycles. The summed E-state index contributed by atoms with van der Waals surface area (Å²) in [6, 6.07) is 0. The Labute approximate surface area is 139 Å². The lowest BCUT2D eigenvalue weighted by atomic mass is 9.94. The molecule has 2 rings (SSSR count). The Kier molecular flexibility index (Phi) is 5.03. The Balaban J connectivity index is 2.40. The topological polar surface area (TPSA) is 41.1 Å². The summed E-state index contributed by atoms with van der Waals surface area (Å²) in [7, 11) is 0. The van der Waals surface area contributed by atoms with Gasteiger partial charge in [-0.3, -0.25) is 4.79 Å². The predicted octanol–water partition coefficient (Wildman–Crippen LogP) is 3.14. The molecular weight excluding hydrogens is 292 g/mol. The molecule has 1 amide bonds. The first kappa shape index (κ1) is 17.1. The lowest BCUT2D eigenvalue weighted by molar-refractivity contribution is -0.127. The Morgan fingerprint density at radius 2 is 2.00 bits per heavy atom. The van der Waals surface area contributed by atoms with Crippen LogP contribution in [0.2, 0.25) is 0 Å². The second kappa shape index (κ2) is 6.47. The van der Waals surface area contributed by atoms with Crippen LogP contribution in [-0.2, 0) is 4.79 Å². The molecular formula is C18H26N2OS. The van der Waals surface area contributed by atoms with Gasteiger partial charge in [0.1, 0.15) is 0 Å². The first-order valence-corrected chi connectivity index (χ1v) is 8.20. The minimum atomic E-state index is -0.422. The van der Waals surface area contributed by atoms with Gasteiger partial charge in [-0.25, -0.2) is 0 Å². The van der Waals surface area contributed by atoms with Crippen LogP contribution in [0.3, 0.4) is 0 Å². The molecule has 1 aliphatic carbocycles. The highest BCUT2D eigenvalue weighted by Crippen LogP contribution is 2.29. The molecule has 2 N–H and O–H groups in total. The molecule has 1 unspecified atom stereocenters. The summed E-state index contributed by atoms with van der Waals surface area (Å²) in [5.41, 5.74) is 2.81. The maximum Gasteiger partial charge on any atom is 0.229 e. The van der Waals surface area contributed by atoms with Crippen LogP contribution in [0.5, 0.6) is 0 Å². The fraction of sp³-hybridized carbons (Fsp3) is 0.500. The van der Waals surface area contributed by atoms with Gasteiger partial charge in [-0.15, -0.1) is 0 Å². The molecule has 3 nitrogen and oxygen atoms in total. The number of carbonyl (C=O) groups is 1. The van der Waals surface area contributed by atoms with E-state index in [1.807, 2.05) is 39.8 Å². The van der Waals surface area contributed by atoms with Crippen LogP contribution in [0.1, 0.15) is 34.1 Å².